The van der Waals surface area contributed by atoms with Gasteiger partial charge in [0.05, 0.1) is 30.1 Å². The molecule has 130 valence electrons. The summed E-state index contributed by atoms with van der Waals surface area (Å²) >= 11 is 6.16. The van der Waals surface area contributed by atoms with Gasteiger partial charge in [-0.05, 0) is 46.3 Å². The molecule has 9 heteroatoms. The highest BCUT2D eigenvalue weighted by atomic mass is 79.9. The number of furan rings is 1. The van der Waals surface area contributed by atoms with Crippen molar-refractivity contribution in [3.05, 3.63) is 52.4 Å². The van der Waals surface area contributed by atoms with Crippen LogP contribution in [-0.2, 0) is 6.54 Å². The van der Waals surface area contributed by atoms with E-state index in [1.807, 2.05) is 12.1 Å². The Bertz CT molecular complexity index is 852. The number of Topliss-reactive ketones (excluding diaryl/α,β-unsaturated/α-hetero) is 1. The molecule has 1 aromatic carbocycles. The Morgan fingerprint density at radius 3 is 3.00 bits per heavy atom. The van der Waals surface area contributed by atoms with Gasteiger partial charge in [-0.3, -0.25) is 4.79 Å². The quantitative estimate of drug-likeness (QED) is 0.409. The number of carbonyl (C=O) groups is 1. The summed E-state index contributed by atoms with van der Waals surface area (Å²) in [6.45, 7) is 0.547. The molecule has 0 fully saturated rings. The van der Waals surface area contributed by atoms with Crippen LogP contribution in [0.3, 0.4) is 0 Å². The number of anilines is 1. The minimum Gasteiger partial charge on any atom is -0.496 e. The van der Waals surface area contributed by atoms with Gasteiger partial charge in [-0.15, -0.1) is 10.2 Å². The summed E-state index contributed by atoms with van der Waals surface area (Å²) in [4.78, 5) is 12.3. The van der Waals surface area contributed by atoms with E-state index in [0.717, 1.165) is 14.6 Å². The summed E-state index contributed by atoms with van der Waals surface area (Å²) in [7, 11) is 1.59. The third kappa shape index (κ3) is 4.83. The fourth-order valence-corrected chi connectivity index (χ4v) is 4.15. The number of nitrogens with one attached hydrogen (secondary N) is 1. The van der Waals surface area contributed by atoms with Gasteiger partial charge >= 0.3 is 0 Å². The molecule has 0 saturated heterocycles. The van der Waals surface area contributed by atoms with Crippen LogP contribution in [0.4, 0.5) is 5.13 Å². The first-order valence-electron chi connectivity index (χ1n) is 7.25. The number of ketones is 1. The SMILES string of the molecule is COc1ccc(C(=O)CSc2nnc(NCc3ccco3)s2)cc1Br. The number of carbonyl (C=O) groups excluding carboxylic acids is 1. The van der Waals surface area contributed by atoms with E-state index in [1.54, 1.807) is 31.6 Å². The van der Waals surface area contributed by atoms with Crippen molar-refractivity contribution >= 4 is 49.9 Å². The van der Waals surface area contributed by atoms with Crippen LogP contribution in [0.15, 0.2) is 49.8 Å². The number of hydrogen-bond acceptors (Lipinski definition) is 8. The lowest BCUT2D eigenvalue weighted by atomic mass is 10.1. The Morgan fingerprint density at radius 1 is 1.40 bits per heavy atom. The molecule has 0 radical (unpaired) electrons. The number of aromatic nitrogens is 2. The summed E-state index contributed by atoms with van der Waals surface area (Å²) in [5.74, 6) is 1.84. The Morgan fingerprint density at radius 2 is 2.28 bits per heavy atom. The first kappa shape index (κ1) is 18.0. The zero-order chi connectivity index (χ0) is 17.6. The second kappa shape index (κ2) is 8.50. The maximum atomic E-state index is 12.3. The van der Waals surface area contributed by atoms with Crippen molar-refractivity contribution in [1.29, 1.82) is 0 Å². The molecule has 2 aromatic heterocycles. The van der Waals surface area contributed by atoms with E-state index in [1.165, 1.54) is 23.1 Å². The topological polar surface area (TPSA) is 77.2 Å². The fraction of sp³-hybridized carbons (Fsp3) is 0.188. The maximum Gasteiger partial charge on any atom is 0.206 e. The third-order valence-corrected chi connectivity index (χ3v) is 5.83. The molecule has 0 bridgehead atoms. The van der Waals surface area contributed by atoms with Gasteiger partial charge < -0.3 is 14.5 Å². The van der Waals surface area contributed by atoms with E-state index in [-0.39, 0.29) is 5.78 Å². The Balaban J connectivity index is 1.53. The molecule has 0 amide bonds. The lowest BCUT2D eigenvalue weighted by Gasteiger charge is -2.05. The van der Waals surface area contributed by atoms with E-state index in [2.05, 4.69) is 31.4 Å². The molecule has 0 unspecified atom stereocenters. The average molecular weight is 440 g/mol. The van der Waals surface area contributed by atoms with Gasteiger partial charge in [0.15, 0.2) is 10.1 Å². The second-order valence-electron chi connectivity index (χ2n) is 4.87. The number of benzene rings is 1. The van der Waals surface area contributed by atoms with Gasteiger partial charge in [0, 0.05) is 5.56 Å². The summed E-state index contributed by atoms with van der Waals surface area (Å²) in [5.41, 5.74) is 0.626. The van der Waals surface area contributed by atoms with Crippen LogP contribution in [0.1, 0.15) is 16.1 Å². The highest BCUT2D eigenvalue weighted by molar-refractivity contribution is 9.10. The van der Waals surface area contributed by atoms with Crippen molar-refractivity contribution in [2.24, 2.45) is 0 Å². The van der Waals surface area contributed by atoms with Crippen molar-refractivity contribution in [3.63, 3.8) is 0 Å². The highest BCUT2D eigenvalue weighted by Crippen LogP contribution is 2.29. The largest absolute Gasteiger partial charge is 0.496 e. The Labute approximate surface area is 161 Å². The number of methoxy groups -OCH3 is 1. The van der Waals surface area contributed by atoms with Gasteiger partial charge in [0.1, 0.15) is 11.5 Å². The number of ether oxygens (including phenoxy) is 1. The van der Waals surface area contributed by atoms with E-state index in [0.29, 0.717) is 28.7 Å². The molecule has 0 aliphatic rings. The number of nitrogens with zero attached hydrogens (tertiary/aromatic N) is 2. The van der Waals surface area contributed by atoms with E-state index < -0.39 is 0 Å². The van der Waals surface area contributed by atoms with E-state index >= 15 is 0 Å². The molecule has 1 N–H and O–H groups in total. The lowest BCUT2D eigenvalue weighted by molar-refractivity contribution is 0.102. The standard InChI is InChI=1S/C16H14BrN3O3S2/c1-22-14-5-4-10(7-12(14)17)13(21)9-24-16-20-19-15(25-16)18-8-11-3-2-6-23-11/h2-7H,8-9H2,1H3,(H,18,19). The van der Waals surface area contributed by atoms with Crippen LogP contribution in [0, 0.1) is 0 Å². The zero-order valence-electron chi connectivity index (χ0n) is 13.2. The third-order valence-electron chi connectivity index (χ3n) is 3.20. The normalized spacial score (nSPS) is 10.6. The van der Waals surface area contributed by atoms with Crippen LogP contribution in [-0.4, -0.2) is 28.8 Å². The van der Waals surface area contributed by atoms with Gasteiger partial charge in [0.25, 0.3) is 0 Å². The van der Waals surface area contributed by atoms with Gasteiger partial charge in [-0.1, -0.05) is 23.1 Å². The number of rotatable bonds is 8. The van der Waals surface area contributed by atoms with Crippen LogP contribution < -0.4 is 10.1 Å². The molecular formula is C16H14BrN3O3S2. The van der Waals surface area contributed by atoms with Gasteiger partial charge in [0.2, 0.25) is 5.13 Å². The Kier molecular flexibility index (Phi) is 6.11. The molecule has 3 aromatic rings. The van der Waals surface area contributed by atoms with Crippen molar-refractivity contribution in [2.45, 2.75) is 10.9 Å². The molecule has 0 aliphatic carbocycles. The van der Waals surface area contributed by atoms with Crippen LogP contribution >= 0.6 is 39.0 Å². The average Bonchev–Trinajstić information content (AvgIpc) is 3.29. The lowest BCUT2D eigenvalue weighted by Crippen LogP contribution is -2.02. The minimum absolute atomic E-state index is 0.0219. The molecule has 0 saturated carbocycles. The molecular weight excluding hydrogens is 426 g/mol. The summed E-state index contributed by atoms with van der Waals surface area (Å²) in [6, 6.07) is 9.00. The Hall–Kier alpha value is -1.84. The maximum absolute atomic E-state index is 12.3. The number of thioether (sulfide) groups is 1. The zero-order valence-corrected chi connectivity index (χ0v) is 16.4. The fourth-order valence-electron chi connectivity index (χ4n) is 1.97. The first-order chi connectivity index (χ1) is 12.2. The summed E-state index contributed by atoms with van der Waals surface area (Å²) < 4.78 is 11.9. The van der Waals surface area contributed by atoms with Crippen molar-refractivity contribution in [2.75, 3.05) is 18.2 Å². The van der Waals surface area contributed by atoms with Crippen LogP contribution in [0.5, 0.6) is 5.75 Å². The number of halogens is 1. The first-order valence-corrected chi connectivity index (χ1v) is 9.84. The van der Waals surface area contributed by atoms with Crippen molar-refractivity contribution < 1.29 is 13.9 Å². The number of hydrogen-bond donors (Lipinski definition) is 1. The second-order valence-corrected chi connectivity index (χ2v) is 7.92. The van der Waals surface area contributed by atoms with E-state index in [4.69, 9.17) is 9.15 Å². The smallest absolute Gasteiger partial charge is 0.206 e. The van der Waals surface area contributed by atoms with Crippen LogP contribution in [0.25, 0.3) is 0 Å². The predicted octanol–water partition coefficient (Wildman–Crippen LogP) is 4.49. The predicted molar refractivity (Wildman–Crippen MR) is 102 cm³/mol. The summed E-state index contributed by atoms with van der Waals surface area (Å²) in [6.07, 6.45) is 1.63. The molecule has 3 rings (SSSR count). The van der Waals surface area contributed by atoms with Gasteiger partial charge in [-0.25, -0.2) is 0 Å². The van der Waals surface area contributed by atoms with Crippen molar-refractivity contribution in [1.82, 2.24) is 10.2 Å². The van der Waals surface area contributed by atoms with E-state index in [9.17, 15) is 4.79 Å². The summed E-state index contributed by atoms with van der Waals surface area (Å²) in [5, 5.41) is 12.0. The molecule has 0 aliphatic heterocycles. The monoisotopic (exact) mass is 439 g/mol. The molecule has 2 heterocycles. The molecule has 0 spiro atoms. The van der Waals surface area contributed by atoms with Crippen molar-refractivity contribution in [3.8, 4) is 5.75 Å². The highest BCUT2D eigenvalue weighted by Gasteiger charge is 2.12. The van der Waals surface area contributed by atoms with Crippen LogP contribution in [0.2, 0.25) is 0 Å². The molecule has 6 nitrogen and oxygen atoms in total. The minimum atomic E-state index is 0.0219. The molecule has 0 atom stereocenters. The molecule has 25 heavy (non-hydrogen) atoms. The van der Waals surface area contributed by atoms with Gasteiger partial charge in [-0.2, -0.15) is 0 Å².